The maximum Gasteiger partial charge on any atom is 0.296 e. The van der Waals surface area contributed by atoms with Gasteiger partial charge in [0.2, 0.25) is 5.78 Å². The van der Waals surface area contributed by atoms with Crippen molar-refractivity contribution in [2.24, 2.45) is 35.8 Å². The number of azo groups is 3. The zero-order valence-electron chi connectivity index (χ0n) is 30.4. The number of carbonyl (C=O) groups is 1. The van der Waals surface area contributed by atoms with Crippen molar-refractivity contribution in [1.82, 2.24) is 0 Å². The van der Waals surface area contributed by atoms with Crippen molar-refractivity contribution in [3.8, 4) is 0 Å². The summed E-state index contributed by atoms with van der Waals surface area (Å²) >= 11 is 0. The van der Waals surface area contributed by atoms with Crippen LogP contribution in [0.2, 0.25) is 0 Å². The van der Waals surface area contributed by atoms with Crippen LogP contribution >= 0.6 is 0 Å². The minimum Gasteiger partial charge on any atom is -0.398 e. The highest BCUT2D eigenvalue weighted by atomic mass is 32.2. The predicted octanol–water partition coefficient (Wildman–Crippen LogP) is 7.60. The highest BCUT2D eigenvalue weighted by Gasteiger charge is 2.37. The van der Waals surface area contributed by atoms with Crippen molar-refractivity contribution in [3.63, 3.8) is 0 Å². The third-order valence-electron chi connectivity index (χ3n) is 8.51. The highest BCUT2D eigenvalue weighted by Crippen LogP contribution is 2.41. The lowest BCUT2D eigenvalue weighted by atomic mass is 9.92. The number of fused-ring (bicyclic) bond motifs is 1. The van der Waals surface area contributed by atoms with Gasteiger partial charge in [-0.25, -0.2) is 0 Å². The summed E-state index contributed by atoms with van der Waals surface area (Å²) in [5.74, 6) is -1.14. The molecule has 20 nitrogen and oxygen atoms in total. The maximum absolute atomic E-state index is 13.9. The Hall–Kier alpha value is -7.40. The lowest BCUT2D eigenvalue weighted by Gasteiger charge is -2.20. The van der Waals surface area contributed by atoms with E-state index in [9.17, 15) is 30.7 Å². The first kappa shape index (κ1) is 40.3. The average Bonchev–Trinajstić information content (AvgIpc) is 3.15. The zero-order chi connectivity index (χ0) is 42.1. The number of nitrogens with one attached hydrogen (secondary N) is 1. The molecule has 0 radical (unpaired) electrons. The van der Waals surface area contributed by atoms with Gasteiger partial charge < -0.3 is 28.7 Å². The topological polar surface area (TPSA) is 354 Å². The van der Waals surface area contributed by atoms with Gasteiger partial charge in [-0.3, -0.25) is 19.3 Å². The van der Waals surface area contributed by atoms with E-state index in [4.69, 9.17) is 28.7 Å². The molecule has 0 saturated carbocycles. The van der Waals surface area contributed by atoms with Crippen LogP contribution in [-0.4, -0.2) is 37.4 Å². The molecule has 0 spiro atoms. The minimum atomic E-state index is -5.15. The van der Waals surface area contributed by atoms with Gasteiger partial charge in [0, 0.05) is 11.4 Å². The van der Waals surface area contributed by atoms with Gasteiger partial charge in [-0.05, 0) is 115 Å². The maximum atomic E-state index is 13.9. The molecule has 296 valence electrons. The molecule has 0 fully saturated rings. The summed E-state index contributed by atoms with van der Waals surface area (Å²) in [5, 5.41) is 28.5. The van der Waals surface area contributed by atoms with Gasteiger partial charge in [0.1, 0.15) is 26.9 Å². The first-order valence-corrected chi connectivity index (χ1v) is 19.5. The van der Waals surface area contributed by atoms with Crippen molar-refractivity contribution >= 4 is 106 Å². The number of carbonyl (C=O) groups excluding carboxylic acids is 1. The van der Waals surface area contributed by atoms with Gasteiger partial charge >= 0.3 is 0 Å². The number of ketones is 1. The molecule has 58 heavy (non-hydrogen) atoms. The first-order chi connectivity index (χ1) is 27.3. The van der Waals surface area contributed by atoms with Gasteiger partial charge in [0.05, 0.1) is 45.4 Å². The van der Waals surface area contributed by atoms with Gasteiger partial charge in [-0.2, -0.15) is 37.3 Å². The molecule has 13 N–H and O–H groups in total. The van der Waals surface area contributed by atoms with Crippen LogP contribution in [0.5, 0.6) is 0 Å². The SMILES string of the molecule is Cc1cc(N=Nc2ccc(N=Nc3c(S(=O)(=O)O)cc4c(c3N)C(=O)C(=NNc3ccc(N=Nc5cc(C)c(N)cc5N)cc3)C(S(=O)(=O)O)=C4)cc2)c(N)cc1N. The van der Waals surface area contributed by atoms with E-state index in [0.717, 1.165) is 23.3 Å². The Morgan fingerprint density at radius 2 is 1.05 bits per heavy atom. The van der Waals surface area contributed by atoms with E-state index in [1.54, 1.807) is 38.1 Å². The lowest BCUT2D eigenvalue weighted by Crippen LogP contribution is -2.28. The van der Waals surface area contributed by atoms with Crippen LogP contribution in [0.15, 0.2) is 124 Å². The van der Waals surface area contributed by atoms with E-state index < -0.39 is 58.5 Å². The van der Waals surface area contributed by atoms with Crippen molar-refractivity contribution in [2.75, 3.05) is 34.1 Å². The van der Waals surface area contributed by atoms with Crippen LogP contribution < -0.4 is 34.1 Å². The second-order valence-corrected chi connectivity index (χ2v) is 15.4. The van der Waals surface area contributed by atoms with Crippen LogP contribution in [0.3, 0.4) is 0 Å². The van der Waals surface area contributed by atoms with E-state index in [2.05, 4.69) is 41.2 Å². The molecule has 5 aromatic carbocycles. The van der Waals surface area contributed by atoms with E-state index in [1.165, 1.54) is 48.5 Å². The summed E-state index contributed by atoms with van der Waals surface area (Å²) < 4.78 is 70.0. The Kier molecular flexibility index (Phi) is 10.8. The van der Waals surface area contributed by atoms with Gasteiger partial charge in [-0.15, -0.1) is 15.3 Å². The van der Waals surface area contributed by atoms with Crippen LogP contribution in [0, 0.1) is 13.8 Å². The second kappa shape index (κ2) is 15.6. The molecule has 0 bridgehead atoms. The third-order valence-corrected chi connectivity index (χ3v) is 10.2. The summed E-state index contributed by atoms with van der Waals surface area (Å²) in [4.78, 5) is 12.0. The number of nitrogen functional groups attached to an aromatic ring is 5. The largest absolute Gasteiger partial charge is 0.398 e. The average molecular weight is 824 g/mol. The number of nitrogens with two attached hydrogens (primary N) is 5. The summed E-state index contributed by atoms with van der Waals surface area (Å²) in [6, 6.07) is 19.3. The fraction of sp³-hybridized carbons (Fsp3) is 0.0556. The molecule has 0 unspecified atom stereocenters. The van der Waals surface area contributed by atoms with Crippen LogP contribution in [-0.2, 0) is 20.2 Å². The minimum absolute atomic E-state index is 0.170. The van der Waals surface area contributed by atoms with Crippen LogP contribution in [0.1, 0.15) is 27.0 Å². The number of nitrogens with zero attached hydrogens (tertiary/aromatic N) is 7. The Labute approximate surface area is 330 Å². The molecule has 0 heterocycles. The van der Waals surface area contributed by atoms with E-state index in [-0.39, 0.29) is 16.9 Å². The molecule has 1 aliphatic carbocycles. The predicted molar refractivity (Wildman–Crippen MR) is 221 cm³/mol. The number of Topliss-reactive ketones (excluding diaryl/α,β-unsaturated/α-hetero) is 1. The normalized spacial score (nSPS) is 14.1. The zero-order valence-corrected chi connectivity index (χ0v) is 32.0. The highest BCUT2D eigenvalue weighted by molar-refractivity contribution is 7.91. The number of aryl methyl sites for hydroxylation is 2. The quantitative estimate of drug-likeness (QED) is 0.0291. The van der Waals surface area contributed by atoms with E-state index in [1.807, 2.05) is 0 Å². The Balaban J connectivity index is 1.29. The number of hydrogen-bond donors (Lipinski definition) is 8. The molecule has 1 aliphatic rings. The van der Waals surface area contributed by atoms with Crippen molar-refractivity contribution in [1.29, 1.82) is 0 Å². The smallest absolute Gasteiger partial charge is 0.296 e. The van der Waals surface area contributed by atoms with Gasteiger partial charge in [-0.1, -0.05) is 0 Å². The van der Waals surface area contributed by atoms with Crippen LogP contribution in [0.25, 0.3) is 6.08 Å². The standard InChI is InChI=1S/C36H33N13O7S2/c1-17-11-28(26(39)15-24(17)37)46-42-20-3-7-22(8-4-20)44-48-34-30(57(51,52)53)13-19-14-31(58(54,55)56)35(36(50)32(19)33(34)41)49-45-23-9-5-21(6-10-23)43-47-29-12-18(2)25(38)16-27(29)40/h3-16,45H,37-41H2,1-2H3,(H,51,52,53)(H,54,55,56). The molecule has 0 aromatic heterocycles. The monoisotopic (exact) mass is 823 g/mol. The second-order valence-electron chi connectivity index (χ2n) is 12.7. The van der Waals surface area contributed by atoms with E-state index in [0.29, 0.717) is 45.5 Å². The molecule has 0 amide bonds. The summed E-state index contributed by atoms with van der Waals surface area (Å²) in [7, 11) is -10.3. The molecular weight excluding hydrogens is 791 g/mol. The molecule has 6 rings (SSSR count). The Morgan fingerprint density at radius 3 is 1.52 bits per heavy atom. The molecule has 22 heteroatoms. The van der Waals surface area contributed by atoms with E-state index >= 15 is 0 Å². The first-order valence-electron chi connectivity index (χ1n) is 16.6. The Bertz CT molecular complexity index is 2890. The molecule has 5 aromatic rings. The summed E-state index contributed by atoms with van der Waals surface area (Å²) in [5.41, 5.74) is 34.9. The Morgan fingerprint density at radius 1 is 0.586 bits per heavy atom. The fourth-order valence-electron chi connectivity index (χ4n) is 5.37. The molecule has 0 atom stereocenters. The number of hydrazone groups is 1. The third kappa shape index (κ3) is 8.69. The number of rotatable bonds is 10. The van der Waals surface area contributed by atoms with Crippen molar-refractivity contribution in [3.05, 3.63) is 106 Å². The van der Waals surface area contributed by atoms with Gasteiger partial charge in [0.15, 0.2) is 5.71 Å². The summed E-state index contributed by atoms with van der Waals surface area (Å²) in [6.07, 6.45) is 0.777. The number of anilines is 6. The van der Waals surface area contributed by atoms with Gasteiger partial charge in [0.25, 0.3) is 20.2 Å². The number of allylic oxidation sites excluding steroid dienone is 1. The van der Waals surface area contributed by atoms with Crippen LogP contribution in [0.4, 0.5) is 68.2 Å². The molecule has 0 aliphatic heterocycles. The summed E-state index contributed by atoms with van der Waals surface area (Å²) in [6.45, 7) is 3.59. The molecular formula is C36H33N13O7S2. The molecule has 0 saturated heterocycles. The van der Waals surface area contributed by atoms with Crippen molar-refractivity contribution in [2.45, 2.75) is 18.7 Å². The lowest BCUT2D eigenvalue weighted by molar-refractivity contribution is 0.106. The number of hydrogen-bond acceptors (Lipinski definition) is 18. The number of benzene rings is 5. The van der Waals surface area contributed by atoms with Crippen molar-refractivity contribution < 1.29 is 30.7 Å². The fourth-order valence-corrected chi connectivity index (χ4v) is 6.69.